The van der Waals surface area contributed by atoms with Crippen molar-refractivity contribution in [3.05, 3.63) is 35.4 Å². The number of aliphatic hydroxyl groups is 1. The molecule has 2 N–H and O–H groups in total. The molecule has 0 aliphatic carbocycles. The zero-order valence-electron chi connectivity index (χ0n) is 7.63. The molecule has 1 aromatic carbocycles. The number of likely N-dealkylation sites (N-methyl/N-ethyl adjacent to an activating group) is 1. The molecular weight excluding hydrogens is 169 g/mol. The molecule has 1 rings (SSSR count). The van der Waals surface area contributed by atoms with Crippen molar-refractivity contribution in [1.29, 1.82) is 0 Å². The first-order chi connectivity index (χ1) is 6.29. The molecule has 0 radical (unpaired) electrons. The zero-order chi connectivity index (χ0) is 9.68. The molecule has 0 amide bonds. The summed E-state index contributed by atoms with van der Waals surface area (Å²) in [5, 5.41) is 12.4. The fourth-order valence-corrected chi connectivity index (χ4v) is 1.28. The molecule has 0 fully saturated rings. The van der Waals surface area contributed by atoms with Gasteiger partial charge in [-0.3, -0.25) is 0 Å². The van der Waals surface area contributed by atoms with Gasteiger partial charge < -0.3 is 10.4 Å². The Balaban J connectivity index is 2.85. The number of rotatable bonds is 4. The largest absolute Gasteiger partial charge is 0.387 e. The molecule has 1 atom stereocenters. The van der Waals surface area contributed by atoms with E-state index in [1.807, 2.05) is 0 Å². The number of alkyl halides is 1. The highest BCUT2D eigenvalue weighted by atomic mass is 19.1. The molecule has 0 aliphatic rings. The van der Waals surface area contributed by atoms with E-state index in [1.54, 1.807) is 31.3 Å². The summed E-state index contributed by atoms with van der Waals surface area (Å²) in [5.41, 5.74) is 1.23. The van der Waals surface area contributed by atoms with Crippen molar-refractivity contribution in [1.82, 2.24) is 5.32 Å². The Hall–Kier alpha value is -0.930. The lowest BCUT2D eigenvalue weighted by Gasteiger charge is -2.13. The number of hydrogen-bond donors (Lipinski definition) is 2. The Morgan fingerprint density at radius 3 is 2.77 bits per heavy atom. The highest BCUT2D eigenvalue weighted by Crippen LogP contribution is 2.17. The van der Waals surface area contributed by atoms with Gasteiger partial charge in [-0.05, 0) is 18.2 Å². The van der Waals surface area contributed by atoms with E-state index in [9.17, 15) is 9.50 Å². The summed E-state index contributed by atoms with van der Waals surface area (Å²) in [6, 6.07) is 7.00. The van der Waals surface area contributed by atoms with Crippen LogP contribution in [0.5, 0.6) is 0 Å². The molecule has 0 heterocycles. The van der Waals surface area contributed by atoms with Crippen molar-refractivity contribution < 1.29 is 9.50 Å². The number of aliphatic hydroxyl groups excluding tert-OH is 1. The van der Waals surface area contributed by atoms with Gasteiger partial charge in [0.15, 0.2) is 0 Å². The predicted octanol–water partition coefficient (Wildman–Crippen LogP) is 1.41. The molecule has 1 aromatic rings. The molecule has 0 bridgehead atoms. The Morgan fingerprint density at radius 1 is 1.46 bits per heavy atom. The summed E-state index contributed by atoms with van der Waals surface area (Å²) in [6.45, 7) is -0.0893. The molecule has 3 heteroatoms. The second kappa shape index (κ2) is 4.94. The van der Waals surface area contributed by atoms with E-state index in [1.165, 1.54) is 0 Å². The summed E-state index contributed by atoms with van der Waals surface area (Å²) < 4.78 is 12.5. The number of hydrogen-bond acceptors (Lipinski definition) is 2. The van der Waals surface area contributed by atoms with Crippen LogP contribution in [0.3, 0.4) is 0 Å². The minimum atomic E-state index is -0.628. The standard InChI is InChI=1S/C10H14FNO/c1-12-7-10(13)9-5-3-2-4-8(9)6-11/h2-5,10,12-13H,6-7H2,1H3. The molecule has 1 unspecified atom stereocenters. The second-order valence-electron chi connectivity index (χ2n) is 2.91. The first-order valence-corrected chi connectivity index (χ1v) is 4.26. The van der Waals surface area contributed by atoms with Crippen LogP contribution in [-0.2, 0) is 6.67 Å². The van der Waals surface area contributed by atoms with E-state index >= 15 is 0 Å². The third-order valence-electron chi connectivity index (χ3n) is 1.96. The van der Waals surface area contributed by atoms with Crippen LogP contribution in [0, 0.1) is 0 Å². The Morgan fingerprint density at radius 2 is 2.15 bits per heavy atom. The summed E-state index contributed by atoms with van der Waals surface area (Å²) in [4.78, 5) is 0. The third kappa shape index (κ3) is 2.50. The van der Waals surface area contributed by atoms with Crippen LogP contribution in [0.2, 0.25) is 0 Å². The summed E-state index contributed by atoms with van der Waals surface area (Å²) in [7, 11) is 1.75. The third-order valence-corrected chi connectivity index (χ3v) is 1.96. The van der Waals surface area contributed by atoms with Crippen LogP contribution in [0.25, 0.3) is 0 Å². The van der Waals surface area contributed by atoms with Gasteiger partial charge in [0, 0.05) is 6.54 Å². The lowest BCUT2D eigenvalue weighted by molar-refractivity contribution is 0.176. The smallest absolute Gasteiger partial charge is 0.115 e. The molecular formula is C10H14FNO. The first kappa shape index (κ1) is 10.2. The number of benzene rings is 1. The molecule has 0 aliphatic heterocycles. The van der Waals surface area contributed by atoms with Gasteiger partial charge in [-0.1, -0.05) is 24.3 Å². The molecule has 2 nitrogen and oxygen atoms in total. The maximum atomic E-state index is 12.5. The average Bonchev–Trinajstić information content (AvgIpc) is 2.18. The number of halogens is 1. The van der Waals surface area contributed by atoms with Crippen molar-refractivity contribution in [2.24, 2.45) is 0 Å². The molecule has 13 heavy (non-hydrogen) atoms. The molecule has 0 aromatic heterocycles. The van der Waals surface area contributed by atoms with Gasteiger partial charge in [-0.15, -0.1) is 0 Å². The van der Waals surface area contributed by atoms with Crippen molar-refractivity contribution in [2.75, 3.05) is 13.6 Å². The Kier molecular flexibility index (Phi) is 3.86. The summed E-state index contributed by atoms with van der Waals surface area (Å²) >= 11 is 0. The molecule has 72 valence electrons. The fraction of sp³-hybridized carbons (Fsp3) is 0.400. The van der Waals surface area contributed by atoms with Gasteiger partial charge >= 0.3 is 0 Å². The van der Waals surface area contributed by atoms with E-state index in [-0.39, 0.29) is 0 Å². The molecule has 0 saturated heterocycles. The predicted molar refractivity (Wildman–Crippen MR) is 50.1 cm³/mol. The SMILES string of the molecule is CNCC(O)c1ccccc1CF. The van der Waals surface area contributed by atoms with E-state index < -0.39 is 12.8 Å². The van der Waals surface area contributed by atoms with Crippen LogP contribution in [0.1, 0.15) is 17.2 Å². The van der Waals surface area contributed by atoms with Crippen LogP contribution in [0.15, 0.2) is 24.3 Å². The Bertz CT molecular complexity index is 265. The van der Waals surface area contributed by atoms with Gasteiger partial charge in [0.1, 0.15) is 6.67 Å². The Labute approximate surface area is 77.4 Å². The number of nitrogens with one attached hydrogen (secondary N) is 1. The zero-order valence-corrected chi connectivity index (χ0v) is 7.63. The van der Waals surface area contributed by atoms with Gasteiger partial charge in [-0.25, -0.2) is 4.39 Å². The second-order valence-corrected chi connectivity index (χ2v) is 2.91. The quantitative estimate of drug-likeness (QED) is 0.739. The van der Waals surface area contributed by atoms with Gasteiger partial charge in [0.05, 0.1) is 6.10 Å². The van der Waals surface area contributed by atoms with Crippen LogP contribution in [0.4, 0.5) is 4.39 Å². The van der Waals surface area contributed by atoms with Crippen LogP contribution < -0.4 is 5.32 Å². The normalized spacial score (nSPS) is 12.8. The molecule has 0 saturated carbocycles. The maximum Gasteiger partial charge on any atom is 0.115 e. The van der Waals surface area contributed by atoms with Crippen LogP contribution >= 0.6 is 0 Å². The van der Waals surface area contributed by atoms with Crippen LogP contribution in [-0.4, -0.2) is 18.7 Å². The van der Waals surface area contributed by atoms with E-state index in [2.05, 4.69) is 5.32 Å². The first-order valence-electron chi connectivity index (χ1n) is 4.26. The van der Waals surface area contributed by atoms with E-state index in [0.29, 0.717) is 17.7 Å². The average molecular weight is 183 g/mol. The van der Waals surface area contributed by atoms with E-state index in [4.69, 9.17) is 0 Å². The fourth-order valence-electron chi connectivity index (χ4n) is 1.28. The minimum absolute atomic E-state index is 0.441. The van der Waals surface area contributed by atoms with Crippen molar-refractivity contribution in [2.45, 2.75) is 12.8 Å². The van der Waals surface area contributed by atoms with Crippen molar-refractivity contribution in [3.8, 4) is 0 Å². The maximum absolute atomic E-state index is 12.5. The topological polar surface area (TPSA) is 32.3 Å². The molecule has 0 spiro atoms. The lowest BCUT2D eigenvalue weighted by atomic mass is 10.0. The summed E-state index contributed by atoms with van der Waals surface area (Å²) in [6.07, 6.45) is -0.628. The van der Waals surface area contributed by atoms with Gasteiger partial charge in [0.2, 0.25) is 0 Å². The van der Waals surface area contributed by atoms with E-state index in [0.717, 1.165) is 0 Å². The van der Waals surface area contributed by atoms with Gasteiger partial charge in [-0.2, -0.15) is 0 Å². The van der Waals surface area contributed by atoms with Gasteiger partial charge in [0.25, 0.3) is 0 Å². The monoisotopic (exact) mass is 183 g/mol. The highest BCUT2D eigenvalue weighted by molar-refractivity contribution is 5.28. The lowest BCUT2D eigenvalue weighted by Crippen LogP contribution is -2.17. The minimum Gasteiger partial charge on any atom is -0.387 e. The highest BCUT2D eigenvalue weighted by Gasteiger charge is 2.09. The van der Waals surface area contributed by atoms with Crippen molar-refractivity contribution >= 4 is 0 Å². The summed E-state index contributed by atoms with van der Waals surface area (Å²) in [5.74, 6) is 0. The van der Waals surface area contributed by atoms with Crippen molar-refractivity contribution in [3.63, 3.8) is 0 Å².